The minimum absolute atomic E-state index is 0.0840. The third-order valence-corrected chi connectivity index (χ3v) is 3.08. The van der Waals surface area contributed by atoms with Crippen molar-refractivity contribution in [3.05, 3.63) is 53.3 Å². The van der Waals surface area contributed by atoms with E-state index in [0.29, 0.717) is 16.5 Å². The lowest BCUT2D eigenvalue weighted by atomic mass is 10.3. The molecule has 6 heteroatoms. The molecule has 0 unspecified atom stereocenters. The monoisotopic (exact) mass is 286 g/mol. The molecule has 0 saturated carbocycles. The number of hydrogen-bond acceptors (Lipinski definition) is 4. The highest BCUT2D eigenvalue weighted by Gasteiger charge is 2.08. The number of halogens is 1. The summed E-state index contributed by atoms with van der Waals surface area (Å²) < 4.78 is 1.77. The minimum atomic E-state index is 0.0840. The van der Waals surface area contributed by atoms with Crippen molar-refractivity contribution >= 4 is 28.8 Å². The Labute approximate surface area is 120 Å². The molecule has 1 N–H and O–H groups in total. The van der Waals surface area contributed by atoms with Gasteiger partial charge in [-0.15, -0.1) is 10.2 Å². The third kappa shape index (κ3) is 2.23. The molecule has 0 atom stereocenters. The van der Waals surface area contributed by atoms with Gasteiger partial charge in [0.05, 0.1) is 10.7 Å². The zero-order chi connectivity index (χ0) is 14.1. The van der Waals surface area contributed by atoms with Crippen LogP contribution >= 0.6 is 11.6 Å². The van der Waals surface area contributed by atoms with Gasteiger partial charge in [0.2, 0.25) is 0 Å². The number of nitrogens with zero attached hydrogens (tertiary/aromatic N) is 4. The van der Waals surface area contributed by atoms with Crippen LogP contribution < -0.4 is 0 Å². The van der Waals surface area contributed by atoms with Gasteiger partial charge in [-0.1, -0.05) is 23.7 Å². The number of benzene rings is 1. The molecule has 3 aromatic rings. The molecule has 20 heavy (non-hydrogen) atoms. The topological polar surface area (TPSA) is 62.2 Å². The van der Waals surface area contributed by atoms with Crippen LogP contribution in [0.5, 0.6) is 5.75 Å². The van der Waals surface area contributed by atoms with Crippen LogP contribution in [0.25, 0.3) is 5.65 Å². The van der Waals surface area contributed by atoms with Crippen LogP contribution in [0.1, 0.15) is 5.69 Å². The Morgan fingerprint density at radius 2 is 1.95 bits per heavy atom. The van der Waals surface area contributed by atoms with E-state index < -0.39 is 0 Å². The van der Waals surface area contributed by atoms with E-state index in [-0.39, 0.29) is 5.75 Å². The van der Waals surface area contributed by atoms with Crippen molar-refractivity contribution in [2.75, 3.05) is 0 Å². The van der Waals surface area contributed by atoms with Gasteiger partial charge in [-0.05, 0) is 31.2 Å². The summed E-state index contributed by atoms with van der Waals surface area (Å²) in [6.45, 7) is 1.85. The lowest BCUT2D eigenvalue weighted by Crippen LogP contribution is -1.82. The van der Waals surface area contributed by atoms with Crippen LogP contribution in [0.3, 0.4) is 0 Å². The Morgan fingerprint density at radius 3 is 2.75 bits per heavy atom. The van der Waals surface area contributed by atoms with Crippen LogP contribution in [-0.4, -0.2) is 14.5 Å². The maximum Gasteiger partial charge on any atom is 0.182 e. The largest absolute Gasteiger partial charge is 0.506 e. The number of phenolic OH excluding ortho intramolecular Hbond substituents is 1. The summed E-state index contributed by atoms with van der Waals surface area (Å²) in [5.41, 5.74) is 1.90. The standard InChI is InChI=1S/C14H11ClN4O/c1-9-14(18-17-11-4-2-3-5-12(11)20)19-8-10(15)6-7-13(19)16-9/h2-8,20H,1H3. The number of aromatic nitrogens is 2. The van der Waals surface area contributed by atoms with Crippen molar-refractivity contribution in [3.63, 3.8) is 0 Å². The Hall–Kier alpha value is -2.40. The second-order valence-corrected chi connectivity index (χ2v) is 4.72. The molecule has 1 aromatic carbocycles. The van der Waals surface area contributed by atoms with Crippen molar-refractivity contribution < 1.29 is 5.11 Å². The molecule has 0 fully saturated rings. The molecule has 2 aromatic heterocycles. The van der Waals surface area contributed by atoms with E-state index >= 15 is 0 Å². The average Bonchev–Trinajstić information content (AvgIpc) is 2.73. The first kappa shape index (κ1) is 12.6. The zero-order valence-corrected chi connectivity index (χ0v) is 11.4. The number of imidazole rings is 1. The highest BCUT2D eigenvalue weighted by atomic mass is 35.5. The van der Waals surface area contributed by atoms with Crippen molar-refractivity contribution in [2.24, 2.45) is 10.2 Å². The van der Waals surface area contributed by atoms with Crippen molar-refractivity contribution in [2.45, 2.75) is 6.92 Å². The van der Waals surface area contributed by atoms with Crippen LogP contribution in [0.2, 0.25) is 5.02 Å². The summed E-state index contributed by atoms with van der Waals surface area (Å²) >= 11 is 5.98. The number of azo groups is 1. The van der Waals surface area contributed by atoms with E-state index in [4.69, 9.17) is 11.6 Å². The molecule has 0 aliphatic rings. The number of hydrogen-bond donors (Lipinski definition) is 1. The molecule has 0 saturated heterocycles. The second kappa shape index (κ2) is 4.94. The van der Waals surface area contributed by atoms with Crippen LogP contribution in [0.15, 0.2) is 52.8 Å². The minimum Gasteiger partial charge on any atom is -0.506 e. The third-order valence-electron chi connectivity index (χ3n) is 2.86. The van der Waals surface area contributed by atoms with Gasteiger partial charge in [0, 0.05) is 6.20 Å². The van der Waals surface area contributed by atoms with Gasteiger partial charge in [-0.25, -0.2) is 4.98 Å². The summed E-state index contributed by atoms with van der Waals surface area (Å²) in [6, 6.07) is 10.3. The van der Waals surface area contributed by atoms with E-state index in [1.165, 1.54) is 0 Å². The van der Waals surface area contributed by atoms with Crippen LogP contribution in [0.4, 0.5) is 11.5 Å². The number of aromatic hydroxyl groups is 1. The quantitative estimate of drug-likeness (QED) is 0.709. The predicted molar refractivity (Wildman–Crippen MR) is 77.2 cm³/mol. The molecule has 0 aliphatic heterocycles. The number of aryl methyl sites for hydroxylation is 1. The van der Waals surface area contributed by atoms with Crippen LogP contribution in [-0.2, 0) is 0 Å². The Kier molecular flexibility index (Phi) is 3.12. The zero-order valence-electron chi connectivity index (χ0n) is 10.7. The predicted octanol–water partition coefficient (Wildman–Crippen LogP) is 4.42. The van der Waals surface area contributed by atoms with E-state index in [0.717, 1.165) is 11.3 Å². The highest BCUT2D eigenvalue weighted by molar-refractivity contribution is 6.30. The van der Waals surface area contributed by atoms with Crippen molar-refractivity contribution in [1.82, 2.24) is 9.38 Å². The first-order chi connectivity index (χ1) is 9.65. The summed E-state index contributed by atoms with van der Waals surface area (Å²) in [5.74, 6) is 0.673. The summed E-state index contributed by atoms with van der Waals surface area (Å²) in [6.07, 6.45) is 1.73. The second-order valence-electron chi connectivity index (χ2n) is 4.29. The first-order valence-electron chi connectivity index (χ1n) is 5.99. The molecular weight excluding hydrogens is 276 g/mol. The maximum atomic E-state index is 9.67. The number of pyridine rings is 1. The van der Waals surface area contributed by atoms with Crippen molar-refractivity contribution in [3.8, 4) is 5.75 Å². The van der Waals surface area contributed by atoms with Gasteiger partial charge >= 0.3 is 0 Å². The molecule has 0 spiro atoms. The highest BCUT2D eigenvalue weighted by Crippen LogP contribution is 2.29. The number of fused-ring (bicyclic) bond motifs is 1. The molecular formula is C14H11ClN4O. The summed E-state index contributed by atoms with van der Waals surface area (Å²) in [7, 11) is 0. The van der Waals surface area contributed by atoms with E-state index in [1.807, 2.05) is 13.0 Å². The molecule has 100 valence electrons. The van der Waals surface area contributed by atoms with Crippen molar-refractivity contribution in [1.29, 1.82) is 0 Å². The maximum absolute atomic E-state index is 9.67. The Balaban J connectivity index is 2.09. The molecule has 5 nitrogen and oxygen atoms in total. The number of para-hydroxylation sites is 1. The van der Waals surface area contributed by atoms with E-state index in [2.05, 4.69) is 15.2 Å². The Morgan fingerprint density at radius 1 is 1.15 bits per heavy atom. The van der Waals surface area contributed by atoms with Gasteiger partial charge in [-0.2, -0.15) is 0 Å². The summed E-state index contributed by atoms with van der Waals surface area (Å²) in [5, 5.41) is 18.5. The molecule has 0 amide bonds. The number of phenols is 1. The van der Waals surface area contributed by atoms with Gasteiger partial charge < -0.3 is 5.11 Å². The first-order valence-corrected chi connectivity index (χ1v) is 6.37. The van der Waals surface area contributed by atoms with Gasteiger partial charge in [0.15, 0.2) is 5.82 Å². The lowest BCUT2D eigenvalue weighted by molar-refractivity contribution is 0.476. The van der Waals surface area contributed by atoms with Gasteiger partial charge in [0.25, 0.3) is 0 Å². The van der Waals surface area contributed by atoms with Gasteiger partial charge in [0.1, 0.15) is 17.1 Å². The Bertz CT molecular complexity index is 810. The smallest absolute Gasteiger partial charge is 0.182 e. The molecule has 0 bridgehead atoms. The fourth-order valence-electron chi connectivity index (χ4n) is 1.89. The van der Waals surface area contributed by atoms with E-state index in [1.54, 1.807) is 40.9 Å². The fraction of sp³-hybridized carbons (Fsp3) is 0.0714. The van der Waals surface area contributed by atoms with E-state index in [9.17, 15) is 5.11 Å². The molecule has 0 aliphatic carbocycles. The summed E-state index contributed by atoms with van der Waals surface area (Å²) in [4.78, 5) is 4.38. The molecule has 3 rings (SSSR count). The molecule has 0 radical (unpaired) electrons. The lowest BCUT2D eigenvalue weighted by Gasteiger charge is -1.98. The average molecular weight is 287 g/mol. The van der Waals surface area contributed by atoms with Crippen LogP contribution in [0, 0.1) is 6.92 Å². The van der Waals surface area contributed by atoms with Gasteiger partial charge in [-0.3, -0.25) is 4.40 Å². The molecule has 2 heterocycles. The normalized spacial score (nSPS) is 11.5. The SMILES string of the molecule is Cc1nc2ccc(Cl)cn2c1N=Nc1ccccc1O. The fourth-order valence-corrected chi connectivity index (χ4v) is 2.05. The number of rotatable bonds is 2.